The normalized spacial score (nSPS) is 11.9. The lowest BCUT2D eigenvalue weighted by atomic mass is 10.3. The Kier molecular flexibility index (Phi) is 5.00. The second-order valence-corrected chi connectivity index (χ2v) is 4.31. The Labute approximate surface area is 118 Å². The summed E-state index contributed by atoms with van der Waals surface area (Å²) in [4.78, 5) is 15.5. The number of hydrogen-bond acceptors (Lipinski definition) is 2. The fourth-order valence-electron chi connectivity index (χ4n) is 1.66. The van der Waals surface area contributed by atoms with Crippen molar-refractivity contribution in [2.24, 2.45) is 4.99 Å². The predicted octanol–water partition coefficient (Wildman–Crippen LogP) is 2.66. The second-order valence-electron chi connectivity index (χ2n) is 4.31. The Morgan fingerprint density at radius 2 is 2.10 bits per heavy atom. The molecule has 0 N–H and O–H groups in total. The molecule has 0 spiro atoms. The van der Waals surface area contributed by atoms with E-state index >= 15 is 0 Å². The Morgan fingerprint density at radius 1 is 1.30 bits per heavy atom. The van der Waals surface area contributed by atoms with Gasteiger partial charge in [-0.25, -0.2) is 9.67 Å². The minimum Gasteiger partial charge on any atom is -0.267 e. The zero-order chi connectivity index (χ0) is 14.2. The van der Waals surface area contributed by atoms with Gasteiger partial charge in [-0.15, -0.1) is 0 Å². The molecular formula is C16H17N3O. The fraction of sp³-hybridized carbons (Fsp3) is 0.188. The molecule has 2 aromatic rings. The van der Waals surface area contributed by atoms with E-state index < -0.39 is 0 Å². The summed E-state index contributed by atoms with van der Waals surface area (Å²) in [6.07, 6.45) is 8.62. The zero-order valence-corrected chi connectivity index (χ0v) is 11.4. The van der Waals surface area contributed by atoms with Crippen LogP contribution in [-0.4, -0.2) is 15.7 Å². The van der Waals surface area contributed by atoms with Crippen molar-refractivity contribution in [2.45, 2.75) is 19.8 Å². The van der Waals surface area contributed by atoms with Gasteiger partial charge in [-0.1, -0.05) is 37.6 Å². The molecule has 2 rings (SSSR count). The Bertz CT molecular complexity index is 636. The van der Waals surface area contributed by atoms with Gasteiger partial charge in [0.1, 0.15) is 0 Å². The van der Waals surface area contributed by atoms with Crippen LogP contribution in [0.1, 0.15) is 19.8 Å². The highest BCUT2D eigenvalue weighted by Crippen LogP contribution is 2.02. The molecular weight excluding hydrogens is 250 g/mol. The number of unbranched alkanes of at least 4 members (excludes halogenated alkanes) is 1. The monoisotopic (exact) mass is 267 g/mol. The smallest absolute Gasteiger partial charge is 0.267 e. The first-order chi connectivity index (χ1) is 9.79. The van der Waals surface area contributed by atoms with Crippen molar-refractivity contribution in [3.05, 3.63) is 66.3 Å². The van der Waals surface area contributed by atoms with E-state index in [1.165, 1.54) is 6.08 Å². The van der Waals surface area contributed by atoms with E-state index in [0.717, 1.165) is 18.5 Å². The van der Waals surface area contributed by atoms with Gasteiger partial charge in [-0.05, 0) is 24.6 Å². The number of aromatic nitrogens is 2. The number of benzene rings is 1. The minimum absolute atomic E-state index is 0.252. The van der Waals surface area contributed by atoms with Gasteiger partial charge >= 0.3 is 0 Å². The fourth-order valence-corrected chi connectivity index (χ4v) is 1.66. The van der Waals surface area contributed by atoms with Crippen molar-refractivity contribution in [1.82, 2.24) is 9.78 Å². The summed E-state index contributed by atoms with van der Waals surface area (Å²) in [5, 5.41) is 4.80. The first kappa shape index (κ1) is 13.9. The average molecular weight is 267 g/mol. The van der Waals surface area contributed by atoms with Crippen LogP contribution >= 0.6 is 0 Å². The Morgan fingerprint density at radius 3 is 2.75 bits per heavy atom. The molecule has 4 heteroatoms. The third-order valence-electron chi connectivity index (χ3n) is 2.68. The van der Waals surface area contributed by atoms with E-state index in [2.05, 4.69) is 17.0 Å². The number of rotatable bonds is 4. The van der Waals surface area contributed by atoms with E-state index in [9.17, 15) is 4.79 Å². The van der Waals surface area contributed by atoms with Gasteiger partial charge in [0.2, 0.25) is 0 Å². The van der Waals surface area contributed by atoms with Crippen LogP contribution < -0.4 is 5.36 Å². The summed E-state index contributed by atoms with van der Waals surface area (Å²) in [5.74, 6) is -0.252. The van der Waals surface area contributed by atoms with Crippen LogP contribution in [0, 0.1) is 0 Å². The van der Waals surface area contributed by atoms with Crippen LogP contribution in [0.4, 0.5) is 0 Å². The van der Waals surface area contributed by atoms with Gasteiger partial charge in [-0.3, -0.25) is 4.79 Å². The quantitative estimate of drug-likeness (QED) is 0.799. The maximum absolute atomic E-state index is 11.6. The van der Waals surface area contributed by atoms with Crippen molar-refractivity contribution in [2.75, 3.05) is 0 Å². The van der Waals surface area contributed by atoms with E-state index in [1.54, 1.807) is 23.1 Å². The van der Waals surface area contributed by atoms with Gasteiger partial charge in [0.05, 0.1) is 17.2 Å². The molecule has 20 heavy (non-hydrogen) atoms. The van der Waals surface area contributed by atoms with Crippen LogP contribution in [0.25, 0.3) is 5.69 Å². The summed E-state index contributed by atoms with van der Waals surface area (Å²) in [6.45, 7) is 2.06. The van der Waals surface area contributed by atoms with Crippen molar-refractivity contribution >= 4 is 5.91 Å². The Balaban J connectivity index is 2.14. The lowest BCUT2D eigenvalue weighted by Crippen LogP contribution is -2.10. The molecule has 1 amide bonds. The molecule has 0 unspecified atom stereocenters. The molecule has 0 saturated carbocycles. The van der Waals surface area contributed by atoms with Crippen LogP contribution in [0.15, 0.2) is 65.9 Å². The van der Waals surface area contributed by atoms with Crippen molar-refractivity contribution in [3.8, 4) is 5.69 Å². The van der Waals surface area contributed by atoms with Gasteiger partial charge in [0.25, 0.3) is 5.91 Å². The number of para-hydroxylation sites is 1. The lowest BCUT2D eigenvalue weighted by molar-refractivity contribution is -0.113. The molecule has 0 bridgehead atoms. The van der Waals surface area contributed by atoms with Crippen molar-refractivity contribution in [3.63, 3.8) is 0 Å². The molecule has 1 heterocycles. The van der Waals surface area contributed by atoms with Gasteiger partial charge in [0.15, 0.2) is 0 Å². The number of hydrogen-bond donors (Lipinski definition) is 0. The highest BCUT2D eigenvalue weighted by molar-refractivity contribution is 5.88. The molecule has 0 aliphatic carbocycles. The molecule has 102 valence electrons. The van der Waals surface area contributed by atoms with Crippen LogP contribution in [0.5, 0.6) is 0 Å². The molecule has 4 nitrogen and oxygen atoms in total. The summed E-state index contributed by atoms with van der Waals surface area (Å²) >= 11 is 0. The molecule has 1 aromatic heterocycles. The maximum Gasteiger partial charge on any atom is 0.269 e. The third kappa shape index (κ3) is 4.02. The SMILES string of the molecule is CCCC=CC(=O)/N=c1\ccn(-c2ccccc2)nc1. The van der Waals surface area contributed by atoms with E-state index in [0.29, 0.717) is 5.36 Å². The highest BCUT2D eigenvalue weighted by atomic mass is 16.1. The Hall–Kier alpha value is -2.49. The standard InChI is InChI=1S/C16H17N3O/c1-2-3-5-10-16(20)18-14-11-12-19(17-13-14)15-8-6-4-7-9-15/h4-13H,2-3H2,1H3/b10-5?,18-14+. The third-order valence-corrected chi connectivity index (χ3v) is 2.68. The maximum atomic E-state index is 11.6. The molecule has 1 aromatic carbocycles. The number of amides is 1. The first-order valence-corrected chi connectivity index (χ1v) is 6.65. The predicted molar refractivity (Wildman–Crippen MR) is 78.2 cm³/mol. The largest absolute Gasteiger partial charge is 0.269 e. The van der Waals surface area contributed by atoms with E-state index in [1.807, 2.05) is 36.4 Å². The average Bonchev–Trinajstić information content (AvgIpc) is 2.49. The minimum atomic E-state index is -0.252. The number of carbonyl (C=O) groups is 1. The second kappa shape index (κ2) is 7.19. The molecule has 0 atom stereocenters. The molecule has 0 aliphatic heterocycles. The number of carbonyl (C=O) groups excluding carboxylic acids is 1. The molecule has 0 saturated heterocycles. The molecule has 0 radical (unpaired) electrons. The van der Waals surface area contributed by atoms with Crippen molar-refractivity contribution in [1.29, 1.82) is 0 Å². The first-order valence-electron chi connectivity index (χ1n) is 6.65. The number of allylic oxidation sites excluding steroid dienone is 1. The summed E-state index contributed by atoms with van der Waals surface area (Å²) < 4.78 is 1.73. The zero-order valence-electron chi connectivity index (χ0n) is 11.4. The lowest BCUT2D eigenvalue weighted by Gasteiger charge is -2.02. The molecule has 0 fully saturated rings. The van der Waals surface area contributed by atoms with Gasteiger partial charge in [-0.2, -0.15) is 5.10 Å². The van der Waals surface area contributed by atoms with Gasteiger partial charge < -0.3 is 0 Å². The van der Waals surface area contributed by atoms with Crippen LogP contribution in [-0.2, 0) is 4.79 Å². The summed E-state index contributed by atoms with van der Waals surface area (Å²) in [7, 11) is 0. The summed E-state index contributed by atoms with van der Waals surface area (Å²) in [6, 6.07) is 11.5. The van der Waals surface area contributed by atoms with E-state index in [-0.39, 0.29) is 5.91 Å². The number of nitrogens with zero attached hydrogens (tertiary/aromatic N) is 3. The summed E-state index contributed by atoms with van der Waals surface area (Å²) in [5.41, 5.74) is 0.966. The van der Waals surface area contributed by atoms with E-state index in [4.69, 9.17) is 0 Å². The van der Waals surface area contributed by atoms with Crippen LogP contribution in [0.3, 0.4) is 0 Å². The van der Waals surface area contributed by atoms with Crippen molar-refractivity contribution < 1.29 is 4.79 Å². The van der Waals surface area contributed by atoms with Gasteiger partial charge in [0, 0.05) is 12.3 Å². The molecule has 0 aliphatic rings. The van der Waals surface area contributed by atoms with Crippen LogP contribution in [0.2, 0.25) is 0 Å². The highest BCUT2D eigenvalue weighted by Gasteiger charge is 1.94. The topological polar surface area (TPSA) is 47.2 Å².